The van der Waals surface area contributed by atoms with Crippen LogP contribution in [0.4, 0.5) is 19.8 Å². The van der Waals surface area contributed by atoms with Crippen LogP contribution in [0, 0.1) is 12.7 Å². The number of imide groups is 1. The maximum Gasteiger partial charge on any atom is 0.425 e. The molecule has 8 nitrogen and oxygen atoms in total. The molecular formula is C18H20FN3O5. The molecule has 0 aliphatic carbocycles. The number of halogens is 1. The van der Waals surface area contributed by atoms with Crippen molar-refractivity contribution < 1.29 is 28.9 Å². The van der Waals surface area contributed by atoms with Gasteiger partial charge < -0.3 is 14.9 Å². The third kappa shape index (κ3) is 4.69. The van der Waals surface area contributed by atoms with Crippen molar-refractivity contribution in [2.24, 2.45) is 0 Å². The fourth-order valence-electron chi connectivity index (χ4n) is 2.27. The lowest BCUT2D eigenvalue weighted by Gasteiger charge is -2.24. The number of rotatable bonds is 3. The van der Waals surface area contributed by atoms with E-state index >= 15 is 0 Å². The van der Waals surface area contributed by atoms with Crippen LogP contribution >= 0.6 is 0 Å². The van der Waals surface area contributed by atoms with Crippen LogP contribution in [-0.4, -0.2) is 38.0 Å². The molecule has 0 atom stereocenters. The number of nitrogens with zero attached hydrogens (tertiary/aromatic N) is 3. The molecule has 2 aromatic heterocycles. The normalized spacial score (nSPS) is 11.1. The molecule has 0 spiro atoms. The van der Waals surface area contributed by atoms with Gasteiger partial charge in [-0.05, 0) is 50.5 Å². The summed E-state index contributed by atoms with van der Waals surface area (Å²) in [6, 6.07) is 1.36. The molecule has 0 aliphatic heterocycles. The van der Waals surface area contributed by atoms with Crippen LogP contribution in [0.15, 0.2) is 24.7 Å². The van der Waals surface area contributed by atoms with Crippen molar-refractivity contribution in [3.8, 4) is 5.75 Å². The summed E-state index contributed by atoms with van der Waals surface area (Å²) in [6.45, 7) is 6.32. The standard InChI is InChI=1S/C18H20FN3O5/c1-10-12(8-20-9-13(10)23)7-11-5-6-21-15(14(11)19)22(16(24)25)17(26)27-18(2,3)4/h5-6,8-9,23H,7H2,1-4H3,(H,24,25). The maximum atomic E-state index is 14.9. The Morgan fingerprint density at radius 2 is 1.93 bits per heavy atom. The van der Waals surface area contributed by atoms with Crippen LogP contribution in [0.2, 0.25) is 0 Å². The molecule has 2 heterocycles. The van der Waals surface area contributed by atoms with Gasteiger partial charge >= 0.3 is 12.2 Å². The number of hydrogen-bond acceptors (Lipinski definition) is 6. The van der Waals surface area contributed by atoms with Crippen molar-refractivity contribution in [2.45, 2.75) is 39.7 Å². The molecule has 0 saturated heterocycles. The van der Waals surface area contributed by atoms with Gasteiger partial charge in [-0.3, -0.25) is 4.98 Å². The van der Waals surface area contributed by atoms with Gasteiger partial charge in [0.1, 0.15) is 11.4 Å². The summed E-state index contributed by atoms with van der Waals surface area (Å²) < 4.78 is 20.0. The van der Waals surface area contributed by atoms with Crippen molar-refractivity contribution in [2.75, 3.05) is 4.90 Å². The van der Waals surface area contributed by atoms with E-state index in [9.17, 15) is 24.2 Å². The van der Waals surface area contributed by atoms with Crippen molar-refractivity contribution >= 4 is 18.0 Å². The zero-order valence-corrected chi connectivity index (χ0v) is 15.4. The summed E-state index contributed by atoms with van der Waals surface area (Å²) in [5.74, 6) is -1.70. The Bertz CT molecular complexity index is 880. The number of aromatic hydroxyl groups is 1. The lowest BCUT2D eigenvalue weighted by molar-refractivity contribution is 0.0579. The number of carbonyl (C=O) groups excluding carboxylic acids is 1. The molecule has 2 aromatic rings. The Hall–Kier alpha value is -3.23. The van der Waals surface area contributed by atoms with Gasteiger partial charge in [-0.15, -0.1) is 0 Å². The molecule has 2 N–H and O–H groups in total. The molecule has 0 saturated carbocycles. The van der Waals surface area contributed by atoms with Gasteiger partial charge in [0.2, 0.25) is 0 Å². The number of carboxylic acid groups (broad SMARTS) is 1. The summed E-state index contributed by atoms with van der Waals surface area (Å²) in [5.41, 5.74) is 0.184. The van der Waals surface area contributed by atoms with Crippen LogP contribution in [0.25, 0.3) is 0 Å². The van der Waals surface area contributed by atoms with E-state index < -0.39 is 29.4 Å². The third-order valence-electron chi connectivity index (χ3n) is 3.60. The first-order valence-electron chi connectivity index (χ1n) is 8.03. The molecule has 0 aliphatic rings. The minimum absolute atomic E-state index is 0.0242. The summed E-state index contributed by atoms with van der Waals surface area (Å²) in [4.78, 5) is 31.4. The second-order valence-electron chi connectivity index (χ2n) is 6.83. The number of hydrogen-bond donors (Lipinski definition) is 2. The van der Waals surface area contributed by atoms with E-state index in [1.54, 1.807) is 27.7 Å². The minimum Gasteiger partial charge on any atom is -0.506 e. The summed E-state index contributed by atoms with van der Waals surface area (Å²) >= 11 is 0. The average Bonchev–Trinajstić information content (AvgIpc) is 2.53. The van der Waals surface area contributed by atoms with Crippen LogP contribution < -0.4 is 4.90 Å². The molecule has 0 unspecified atom stereocenters. The molecule has 0 radical (unpaired) electrons. The van der Waals surface area contributed by atoms with E-state index in [0.29, 0.717) is 11.1 Å². The van der Waals surface area contributed by atoms with Gasteiger partial charge in [0.25, 0.3) is 0 Å². The highest BCUT2D eigenvalue weighted by Crippen LogP contribution is 2.26. The number of aromatic nitrogens is 2. The quantitative estimate of drug-likeness (QED) is 0.839. The fraction of sp³-hybridized carbons (Fsp3) is 0.333. The van der Waals surface area contributed by atoms with E-state index in [4.69, 9.17) is 4.74 Å². The van der Waals surface area contributed by atoms with E-state index in [-0.39, 0.29) is 22.6 Å². The number of ether oxygens (including phenoxy) is 1. The molecular weight excluding hydrogens is 357 g/mol. The van der Waals surface area contributed by atoms with E-state index in [2.05, 4.69) is 9.97 Å². The Kier molecular flexibility index (Phi) is 5.63. The monoisotopic (exact) mass is 377 g/mol. The summed E-state index contributed by atoms with van der Waals surface area (Å²) in [5, 5.41) is 19.1. The van der Waals surface area contributed by atoms with Crippen LogP contribution in [0.1, 0.15) is 37.5 Å². The molecule has 0 fully saturated rings. The van der Waals surface area contributed by atoms with Gasteiger partial charge in [-0.2, -0.15) is 4.90 Å². The van der Waals surface area contributed by atoms with Gasteiger partial charge in [-0.25, -0.2) is 19.0 Å². The van der Waals surface area contributed by atoms with Gasteiger partial charge in [-0.1, -0.05) is 0 Å². The first-order chi connectivity index (χ1) is 12.5. The predicted molar refractivity (Wildman–Crippen MR) is 94.4 cm³/mol. The Morgan fingerprint density at radius 3 is 2.52 bits per heavy atom. The second kappa shape index (κ2) is 7.56. The topological polar surface area (TPSA) is 113 Å². The maximum absolute atomic E-state index is 14.9. The first-order valence-corrected chi connectivity index (χ1v) is 8.03. The molecule has 2 rings (SSSR count). The van der Waals surface area contributed by atoms with Gasteiger partial charge in [0.05, 0.1) is 6.20 Å². The minimum atomic E-state index is -1.72. The number of amides is 2. The molecule has 0 aromatic carbocycles. The van der Waals surface area contributed by atoms with Crippen LogP contribution in [0.5, 0.6) is 5.75 Å². The lowest BCUT2D eigenvalue weighted by Crippen LogP contribution is -2.41. The number of pyridine rings is 2. The molecule has 9 heteroatoms. The highest BCUT2D eigenvalue weighted by atomic mass is 19.1. The molecule has 0 bridgehead atoms. The van der Waals surface area contributed by atoms with Crippen LogP contribution in [0.3, 0.4) is 0 Å². The third-order valence-corrected chi connectivity index (χ3v) is 3.60. The van der Waals surface area contributed by atoms with Gasteiger partial charge in [0, 0.05) is 18.8 Å². The zero-order valence-electron chi connectivity index (χ0n) is 15.4. The summed E-state index contributed by atoms with van der Waals surface area (Å²) in [7, 11) is 0. The van der Waals surface area contributed by atoms with E-state index in [0.717, 1.165) is 0 Å². The SMILES string of the molecule is Cc1c(O)cncc1Cc1ccnc(N(C(=O)O)C(=O)OC(C)(C)C)c1F. The van der Waals surface area contributed by atoms with Crippen molar-refractivity contribution in [3.05, 3.63) is 47.2 Å². The van der Waals surface area contributed by atoms with E-state index in [1.165, 1.54) is 24.7 Å². The highest BCUT2D eigenvalue weighted by Gasteiger charge is 2.32. The molecule has 27 heavy (non-hydrogen) atoms. The Balaban J connectivity index is 2.43. The second-order valence-corrected chi connectivity index (χ2v) is 6.83. The molecule has 144 valence electrons. The number of carbonyl (C=O) groups is 2. The van der Waals surface area contributed by atoms with Crippen molar-refractivity contribution in [3.63, 3.8) is 0 Å². The smallest absolute Gasteiger partial charge is 0.425 e. The van der Waals surface area contributed by atoms with Gasteiger partial charge in [0.15, 0.2) is 11.6 Å². The van der Waals surface area contributed by atoms with Crippen LogP contribution in [-0.2, 0) is 11.2 Å². The Morgan fingerprint density at radius 1 is 1.26 bits per heavy atom. The fourth-order valence-corrected chi connectivity index (χ4v) is 2.27. The zero-order chi connectivity index (χ0) is 20.4. The number of anilines is 1. The summed E-state index contributed by atoms with van der Waals surface area (Å²) in [6.07, 6.45) is 0.978. The lowest BCUT2D eigenvalue weighted by atomic mass is 10.0. The Labute approximate surface area is 155 Å². The van der Waals surface area contributed by atoms with Crippen molar-refractivity contribution in [1.82, 2.24) is 9.97 Å². The molecule has 2 amide bonds. The van der Waals surface area contributed by atoms with E-state index in [1.807, 2.05) is 0 Å². The average molecular weight is 377 g/mol. The largest absolute Gasteiger partial charge is 0.506 e. The first kappa shape index (κ1) is 20.1. The van der Waals surface area contributed by atoms with Crippen molar-refractivity contribution in [1.29, 1.82) is 0 Å². The highest BCUT2D eigenvalue weighted by molar-refractivity contribution is 6.08. The predicted octanol–water partition coefficient (Wildman–Crippen LogP) is 3.64.